The van der Waals surface area contributed by atoms with Gasteiger partial charge >= 0.3 is 15.5 Å². The number of nitrogens with one attached hydrogen (secondary N) is 3. The third-order valence-electron chi connectivity index (χ3n) is 4.96. The molecule has 0 atom stereocenters. The third kappa shape index (κ3) is 5.40. The third-order valence-corrected chi connectivity index (χ3v) is 6.08. The van der Waals surface area contributed by atoms with Crippen LogP contribution in [0.15, 0.2) is 60.8 Å². The molecule has 0 saturated heterocycles. The Morgan fingerprint density at radius 3 is 2.34 bits per heavy atom. The number of pyridine rings is 1. The molecule has 2 aromatic carbocycles. The Kier molecular flexibility index (Phi) is 6.43. The lowest BCUT2D eigenvalue weighted by Gasteiger charge is -2.11. The van der Waals surface area contributed by atoms with Crippen molar-refractivity contribution in [2.24, 2.45) is 0 Å². The molecular weight excluding hydrogens is 490 g/mol. The summed E-state index contributed by atoms with van der Waals surface area (Å²) in [6.45, 7) is 0.204. The van der Waals surface area contributed by atoms with Gasteiger partial charge < -0.3 is 10.3 Å². The van der Waals surface area contributed by atoms with Crippen LogP contribution in [-0.2, 0) is 16.4 Å². The minimum absolute atomic E-state index is 0.204. The molecule has 0 aliphatic heterocycles. The zero-order valence-electron chi connectivity index (χ0n) is 17.7. The van der Waals surface area contributed by atoms with Gasteiger partial charge in [-0.2, -0.15) is 21.6 Å². The van der Waals surface area contributed by atoms with Crippen LogP contribution in [0.5, 0.6) is 0 Å². The van der Waals surface area contributed by atoms with Crippen molar-refractivity contribution in [2.45, 2.75) is 11.9 Å². The Morgan fingerprint density at radius 2 is 1.69 bits per heavy atom. The predicted molar refractivity (Wildman–Crippen MR) is 120 cm³/mol. The number of halogens is 4. The second-order valence-electron chi connectivity index (χ2n) is 7.40. The van der Waals surface area contributed by atoms with Crippen molar-refractivity contribution in [1.29, 1.82) is 0 Å². The summed E-state index contributed by atoms with van der Waals surface area (Å²) in [5.41, 5.74) is -3.34. The van der Waals surface area contributed by atoms with Crippen molar-refractivity contribution >= 4 is 32.8 Å². The van der Waals surface area contributed by atoms with Gasteiger partial charge in [0.1, 0.15) is 11.6 Å². The monoisotopic (exact) mass is 507 g/mol. The molecule has 1 amide bonds. The average Bonchev–Trinajstić information content (AvgIpc) is 3.24. The van der Waals surface area contributed by atoms with Crippen LogP contribution in [0, 0.1) is 5.82 Å². The van der Waals surface area contributed by atoms with Crippen LogP contribution in [0.2, 0.25) is 0 Å². The lowest BCUT2D eigenvalue weighted by molar-refractivity contribution is -0.0429. The maximum absolute atomic E-state index is 13.2. The fraction of sp³-hybridized carbons (Fsp3) is 0.136. The summed E-state index contributed by atoms with van der Waals surface area (Å²) >= 11 is 0. The molecule has 3 N–H and O–H groups in total. The highest BCUT2D eigenvalue weighted by Gasteiger charge is 2.46. The molecule has 13 heteroatoms. The molecule has 0 unspecified atom stereocenters. The maximum atomic E-state index is 13.2. The first kappa shape index (κ1) is 24.1. The molecule has 0 radical (unpaired) electrons. The largest absolute Gasteiger partial charge is 0.516 e. The molecule has 2 heterocycles. The number of carbonyl (C=O) groups excluding carboxylic acids is 1. The number of amides is 1. The van der Waals surface area contributed by atoms with Gasteiger partial charge in [0.15, 0.2) is 5.65 Å². The summed E-state index contributed by atoms with van der Waals surface area (Å²) in [5.74, 6) is -0.365. The topological polar surface area (TPSA) is 117 Å². The smallest absolute Gasteiger partial charge is 0.352 e. The summed E-state index contributed by atoms with van der Waals surface area (Å²) in [5, 5.41) is 2.74. The lowest BCUT2D eigenvalue weighted by atomic mass is 10.1. The minimum Gasteiger partial charge on any atom is -0.352 e. The number of benzene rings is 2. The number of fused-ring (bicyclic) bond motifs is 1. The van der Waals surface area contributed by atoms with E-state index in [1.54, 1.807) is 12.1 Å². The fourth-order valence-electron chi connectivity index (χ4n) is 3.21. The maximum Gasteiger partial charge on any atom is 0.516 e. The van der Waals surface area contributed by atoms with E-state index >= 15 is 0 Å². The van der Waals surface area contributed by atoms with Crippen LogP contribution in [-0.4, -0.2) is 41.3 Å². The number of hydrogen-bond acceptors (Lipinski definition) is 5. The number of H-pyrrole nitrogens is 1. The number of carbonyl (C=O) groups is 1. The summed E-state index contributed by atoms with van der Waals surface area (Å²) in [6.07, 6.45) is 1.78. The van der Waals surface area contributed by atoms with Gasteiger partial charge in [-0.25, -0.2) is 14.4 Å². The van der Waals surface area contributed by atoms with Gasteiger partial charge in [0.2, 0.25) is 0 Å². The van der Waals surface area contributed by atoms with E-state index < -0.39 is 21.4 Å². The molecule has 2 aromatic heterocycles. The zero-order valence-corrected chi connectivity index (χ0v) is 18.5. The van der Waals surface area contributed by atoms with Gasteiger partial charge in [-0.05, 0) is 54.4 Å². The highest BCUT2D eigenvalue weighted by molar-refractivity contribution is 7.93. The zero-order chi connectivity index (χ0) is 25.2. The van der Waals surface area contributed by atoms with Crippen LogP contribution in [0.4, 0.5) is 23.2 Å². The molecule has 0 aliphatic rings. The minimum atomic E-state index is -5.50. The van der Waals surface area contributed by atoms with Crippen LogP contribution in [0.25, 0.3) is 22.6 Å². The van der Waals surface area contributed by atoms with Gasteiger partial charge in [0.05, 0.1) is 11.1 Å². The first-order chi connectivity index (χ1) is 16.5. The Bertz CT molecular complexity index is 1470. The average molecular weight is 507 g/mol. The standard InChI is InChI=1S/C22H17F4N5O3S/c23-15-5-3-14(4-6-15)19-29-18-17(10-12-27-20(18)30-19)21(32)28-11-9-13-1-7-16(8-2-13)31-35(33,34)22(24,25)26/h1-8,10,12,31H,9,11H2,(H,28,32)(H,27,29,30). The number of aromatic nitrogens is 3. The number of aromatic amines is 1. The summed E-state index contributed by atoms with van der Waals surface area (Å²) in [7, 11) is -5.50. The number of anilines is 1. The molecule has 8 nitrogen and oxygen atoms in total. The lowest BCUT2D eigenvalue weighted by Crippen LogP contribution is -2.29. The van der Waals surface area contributed by atoms with Crippen LogP contribution < -0.4 is 10.0 Å². The van der Waals surface area contributed by atoms with Gasteiger partial charge in [-0.1, -0.05) is 12.1 Å². The van der Waals surface area contributed by atoms with Gasteiger partial charge in [0, 0.05) is 24.0 Å². The van der Waals surface area contributed by atoms with Crippen molar-refractivity contribution in [3.05, 3.63) is 77.7 Å². The molecule has 0 saturated carbocycles. The second-order valence-corrected chi connectivity index (χ2v) is 9.08. The van der Waals surface area contributed by atoms with Crippen LogP contribution in [0.3, 0.4) is 0 Å². The van der Waals surface area contributed by atoms with Gasteiger partial charge in [0.25, 0.3) is 5.91 Å². The van der Waals surface area contributed by atoms with E-state index in [-0.39, 0.29) is 18.0 Å². The highest BCUT2D eigenvalue weighted by Crippen LogP contribution is 2.25. The first-order valence-electron chi connectivity index (χ1n) is 10.1. The van der Waals surface area contributed by atoms with Crippen molar-refractivity contribution in [2.75, 3.05) is 11.3 Å². The molecule has 0 spiro atoms. The van der Waals surface area contributed by atoms with Crippen molar-refractivity contribution in [1.82, 2.24) is 20.3 Å². The number of sulfonamides is 1. The summed E-state index contributed by atoms with van der Waals surface area (Å²) < 4.78 is 74.4. The first-order valence-corrected chi connectivity index (χ1v) is 11.6. The molecule has 4 rings (SSSR count). The van der Waals surface area contributed by atoms with E-state index in [4.69, 9.17) is 0 Å². The van der Waals surface area contributed by atoms with Crippen LogP contribution >= 0.6 is 0 Å². The Balaban J connectivity index is 1.40. The van der Waals surface area contributed by atoms with Gasteiger partial charge in [-0.15, -0.1) is 0 Å². The van der Waals surface area contributed by atoms with E-state index in [1.807, 2.05) is 0 Å². The number of hydrogen-bond donors (Lipinski definition) is 3. The Labute approximate surface area is 196 Å². The number of imidazole rings is 1. The van der Waals surface area contributed by atoms with Crippen molar-refractivity contribution in [3.8, 4) is 11.4 Å². The number of nitrogens with zero attached hydrogens (tertiary/aromatic N) is 2. The highest BCUT2D eigenvalue weighted by atomic mass is 32.2. The molecule has 182 valence electrons. The molecular formula is C22H17F4N5O3S. The van der Waals surface area contributed by atoms with E-state index in [0.29, 0.717) is 40.1 Å². The second kappa shape index (κ2) is 9.33. The summed E-state index contributed by atoms with van der Waals surface area (Å²) in [4.78, 5) is 24.2. The normalized spacial score (nSPS) is 12.0. The van der Waals surface area contributed by atoms with E-state index in [1.165, 1.54) is 53.4 Å². The van der Waals surface area contributed by atoms with E-state index in [0.717, 1.165) is 0 Å². The van der Waals surface area contributed by atoms with E-state index in [2.05, 4.69) is 20.3 Å². The SMILES string of the molecule is O=C(NCCc1ccc(NS(=O)(=O)C(F)(F)F)cc1)c1ccnc2nc(-c3ccc(F)cc3)[nH]c12. The Hall–Kier alpha value is -4.00. The number of alkyl halides is 3. The summed E-state index contributed by atoms with van der Waals surface area (Å²) in [6, 6.07) is 12.5. The van der Waals surface area contributed by atoms with Crippen molar-refractivity contribution in [3.63, 3.8) is 0 Å². The van der Waals surface area contributed by atoms with Crippen LogP contribution in [0.1, 0.15) is 15.9 Å². The Morgan fingerprint density at radius 1 is 1.00 bits per heavy atom. The molecule has 4 aromatic rings. The van der Waals surface area contributed by atoms with Gasteiger partial charge in [-0.3, -0.25) is 9.52 Å². The molecule has 0 bridgehead atoms. The quantitative estimate of drug-likeness (QED) is 0.327. The molecule has 0 fully saturated rings. The predicted octanol–water partition coefficient (Wildman–Crippen LogP) is 4.00. The fourth-order valence-corrected chi connectivity index (χ4v) is 3.77. The number of rotatable bonds is 7. The molecule has 35 heavy (non-hydrogen) atoms. The van der Waals surface area contributed by atoms with E-state index in [9.17, 15) is 30.8 Å². The molecule has 0 aliphatic carbocycles. The van der Waals surface area contributed by atoms with Crippen molar-refractivity contribution < 1.29 is 30.8 Å².